The highest BCUT2D eigenvalue weighted by Gasteiger charge is 2.30. The fourth-order valence-corrected chi connectivity index (χ4v) is 2.28. The van der Waals surface area contributed by atoms with Gasteiger partial charge in [0.25, 0.3) is 0 Å². The number of amides is 1. The van der Waals surface area contributed by atoms with Crippen molar-refractivity contribution in [2.75, 3.05) is 6.54 Å². The first kappa shape index (κ1) is 13.3. The van der Waals surface area contributed by atoms with Gasteiger partial charge in [0.15, 0.2) is 0 Å². The third-order valence-electron chi connectivity index (χ3n) is 3.29. The fourth-order valence-electron chi connectivity index (χ4n) is 2.28. The van der Waals surface area contributed by atoms with Crippen molar-refractivity contribution < 1.29 is 14.7 Å². The van der Waals surface area contributed by atoms with Gasteiger partial charge in [-0.05, 0) is 30.9 Å². The van der Waals surface area contributed by atoms with Crippen LogP contribution in [0, 0.1) is 0 Å². The van der Waals surface area contributed by atoms with Gasteiger partial charge in [0.2, 0.25) is 5.91 Å². The lowest BCUT2D eigenvalue weighted by atomic mass is 10.0. The van der Waals surface area contributed by atoms with E-state index >= 15 is 0 Å². The number of rotatable bonds is 3. The minimum absolute atomic E-state index is 0.226. The third kappa shape index (κ3) is 3.44. The summed E-state index contributed by atoms with van der Waals surface area (Å²) in [6.07, 6.45) is 5.45. The molecular formula is C15H17NO3. The SMILES string of the molecule is O=C(O)[C@@H]1CCCCN1C(=O)C=Cc1ccccc1. The van der Waals surface area contributed by atoms with Crippen molar-refractivity contribution in [1.29, 1.82) is 0 Å². The second kappa shape index (κ2) is 6.18. The van der Waals surface area contributed by atoms with Gasteiger partial charge in [0.1, 0.15) is 6.04 Å². The number of piperidine rings is 1. The van der Waals surface area contributed by atoms with Gasteiger partial charge in [-0.1, -0.05) is 30.3 Å². The summed E-state index contributed by atoms with van der Waals surface area (Å²) in [7, 11) is 0. The summed E-state index contributed by atoms with van der Waals surface area (Å²) in [6.45, 7) is 0.523. The largest absolute Gasteiger partial charge is 0.480 e. The number of nitrogens with zero attached hydrogens (tertiary/aromatic N) is 1. The molecule has 0 unspecified atom stereocenters. The van der Waals surface area contributed by atoms with Crippen LogP contribution in [0.15, 0.2) is 36.4 Å². The number of carboxylic acid groups (broad SMARTS) is 1. The molecule has 0 aliphatic carbocycles. The highest BCUT2D eigenvalue weighted by molar-refractivity contribution is 5.94. The minimum Gasteiger partial charge on any atom is -0.480 e. The number of benzene rings is 1. The van der Waals surface area contributed by atoms with Crippen molar-refractivity contribution in [2.45, 2.75) is 25.3 Å². The molecule has 1 N–H and O–H groups in total. The minimum atomic E-state index is -0.916. The summed E-state index contributed by atoms with van der Waals surface area (Å²) < 4.78 is 0. The van der Waals surface area contributed by atoms with Gasteiger partial charge in [0.05, 0.1) is 0 Å². The van der Waals surface area contributed by atoms with Crippen molar-refractivity contribution >= 4 is 18.0 Å². The van der Waals surface area contributed by atoms with Gasteiger partial charge in [-0.3, -0.25) is 4.79 Å². The highest BCUT2D eigenvalue weighted by Crippen LogP contribution is 2.18. The summed E-state index contributed by atoms with van der Waals surface area (Å²) in [4.78, 5) is 24.6. The zero-order chi connectivity index (χ0) is 13.7. The van der Waals surface area contributed by atoms with Crippen LogP contribution in [0.2, 0.25) is 0 Å². The molecule has 4 nitrogen and oxygen atoms in total. The van der Waals surface area contributed by atoms with Crippen molar-refractivity contribution in [3.05, 3.63) is 42.0 Å². The Kier molecular flexibility index (Phi) is 4.34. The van der Waals surface area contributed by atoms with E-state index in [1.165, 1.54) is 11.0 Å². The molecule has 0 saturated carbocycles. The zero-order valence-electron chi connectivity index (χ0n) is 10.7. The Morgan fingerprint density at radius 1 is 1.21 bits per heavy atom. The zero-order valence-corrected chi connectivity index (χ0v) is 10.7. The maximum absolute atomic E-state index is 12.1. The Bertz CT molecular complexity index is 481. The molecule has 1 heterocycles. The maximum atomic E-state index is 12.1. The van der Waals surface area contributed by atoms with Crippen molar-refractivity contribution in [1.82, 2.24) is 4.90 Å². The van der Waals surface area contributed by atoms with Crippen LogP contribution >= 0.6 is 0 Å². The second-order valence-corrected chi connectivity index (χ2v) is 4.63. The molecule has 1 atom stereocenters. The lowest BCUT2D eigenvalue weighted by Gasteiger charge is -2.32. The Morgan fingerprint density at radius 3 is 2.63 bits per heavy atom. The number of carbonyl (C=O) groups is 2. The fraction of sp³-hybridized carbons (Fsp3) is 0.333. The Hall–Kier alpha value is -2.10. The standard InChI is InChI=1S/C15H17NO3/c17-14(10-9-12-6-2-1-3-7-12)16-11-5-4-8-13(16)15(18)19/h1-3,6-7,9-10,13H,4-5,8,11H2,(H,18,19)/t13-/m0/s1. The number of carbonyl (C=O) groups excluding carboxylic acids is 1. The summed E-state index contributed by atoms with van der Waals surface area (Å²) >= 11 is 0. The molecule has 4 heteroatoms. The molecule has 0 radical (unpaired) electrons. The van der Waals surface area contributed by atoms with Crippen LogP contribution < -0.4 is 0 Å². The topological polar surface area (TPSA) is 57.6 Å². The van der Waals surface area contributed by atoms with Crippen LogP contribution in [0.25, 0.3) is 6.08 Å². The van der Waals surface area contributed by atoms with Gasteiger partial charge >= 0.3 is 5.97 Å². The summed E-state index contributed by atoms with van der Waals surface area (Å²) in [5, 5.41) is 9.12. The molecule has 0 bridgehead atoms. The average molecular weight is 259 g/mol. The van der Waals surface area contributed by atoms with E-state index in [-0.39, 0.29) is 5.91 Å². The van der Waals surface area contributed by atoms with Crippen LogP contribution in [-0.4, -0.2) is 34.5 Å². The number of carboxylic acids is 1. The molecule has 1 fully saturated rings. The van der Waals surface area contributed by atoms with E-state index in [9.17, 15) is 9.59 Å². The Labute approximate surface area is 112 Å². The van der Waals surface area contributed by atoms with E-state index in [1.807, 2.05) is 30.3 Å². The molecule has 0 spiro atoms. The second-order valence-electron chi connectivity index (χ2n) is 4.63. The van der Waals surface area contributed by atoms with Crippen LogP contribution in [0.5, 0.6) is 0 Å². The molecule has 1 amide bonds. The third-order valence-corrected chi connectivity index (χ3v) is 3.29. The molecule has 1 aromatic rings. The number of hydrogen-bond donors (Lipinski definition) is 1. The van der Waals surface area contributed by atoms with Gasteiger partial charge in [0, 0.05) is 12.6 Å². The average Bonchev–Trinajstić information content (AvgIpc) is 2.46. The van der Waals surface area contributed by atoms with Gasteiger partial charge < -0.3 is 10.0 Å². The molecule has 100 valence electrons. The molecule has 2 rings (SSSR count). The van der Waals surface area contributed by atoms with Crippen LogP contribution in [0.4, 0.5) is 0 Å². The Morgan fingerprint density at radius 2 is 1.95 bits per heavy atom. The van der Waals surface area contributed by atoms with Crippen LogP contribution in [-0.2, 0) is 9.59 Å². The molecule has 19 heavy (non-hydrogen) atoms. The highest BCUT2D eigenvalue weighted by atomic mass is 16.4. The molecule has 1 aromatic carbocycles. The quantitative estimate of drug-likeness (QED) is 0.846. The predicted octanol–water partition coefficient (Wildman–Crippen LogP) is 2.17. The summed E-state index contributed by atoms with van der Waals surface area (Å²) in [5.41, 5.74) is 0.930. The van der Waals surface area contributed by atoms with E-state index in [4.69, 9.17) is 5.11 Å². The number of aliphatic carboxylic acids is 1. The van der Waals surface area contributed by atoms with Gasteiger partial charge in [-0.2, -0.15) is 0 Å². The first-order valence-corrected chi connectivity index (χ1v) is 6.45. The molecule has 0 aromatic heterocycles. The maximum Gasteiger partial charge on any atom is 0.326 e. The molecular weight excluding hydrogens is 242 g/mol. The number of likely N-dealkylation sites (tertiary alicyclic amines) is 1. The van der Waals surface area contributed by atoms with E-state index in [2.05, 4.69) is 0 Å². The summed E-state index contributed by atoms with van der Waals surface area (Å²) in [5.74, 6) is -1.14. The van der Waals surface area contributed by atoms with Gasteiger partial charge in [-0.25, -0.2) is 4.79 Å². The normalized spacial score (nSPS) is 19.6. The molecule has 1 saturated heterocycles. The lowest BCUT2D eigenvalue weighted by molar-refractivity contribution is -0.150. The van der Waals surface area contributed by atoms with Crippen LogP contribution in [0.3, 0.4) is 0 Å². The lowest BCUT2D eigenvalue weighted by Crippen LogP contribution is -2.47. The van der Waals surface area contributed by atoms with E-state index in [0.717, 1.165) is 18.4 Å². The van der Waals surface area contributed by atoms with E-state index < -0.39 is 12.0 Å². The van der Waals surface area contributed by atoms with Crippen molar-refractivity contribution in [3.8, 4) is 0 Å². The first-order chi connectivity index (χ1) is 9.18. The number of hydrogen-bond acceptors (Lipinski definition) is 2. The predicted molar refractivity (Wildman–Crippen MR) is 72.5 cm³/mol. The first-order valence-electron chi connectivity index (χ1n) is 6.45. The monoisotopic (exact) mass is 259 g/mol. The van der Waals surface area contributed by atoms with Crippen molar-refractivity contribution in [3.63, 3.8) is 0 Å². The summed E-state index contributed by atoms with van der Waals surface area (Å²) in [6, 6.07) is 8.81. The van der Waals surface area contributed by atoms with Crippen molar-refractivity contribution in [2.24, 2.45) is 0 Å². The Balaban J connectivity index is 2.06. The van der Waals surface area contributed by atoms with E-state index in [0.29, 0.717) is 13.0 Å². The van der Waals surface area contributed by atoms with Gasteiger partial charge in [-0.15, -0.1) is 0 Å². The molecule has 1 aliphatic rings. The van der Waals surface area contributed by atoms with Crippen LogP contribution in [0.1, 0.15) is 24.8 Å². The van der Waals surface area contributed by atoms with E-state index in [1.54, 1.807) is 6.08 Å². The molecule has 1 aliphatic heterocycles. The smallest absolute Gasteiger partial charge is 0.326 e.